The molecule has 1 saturated heterocycles. The van der Waals surface area contributed by atoms with E-state index in [1.807, 2.05) is 60.7 Å². The van der Waals surface area contributed by atoms with E-state index in [9.17, 15) is 29.4 Å². The van der Waals surface area contributed by atoms with Crippen molar-refractivity contribution in [2.45, 2.75) is 36.0 Å². The normalized spacial score (nSPS) is 19.6. The molecule has 12 heteroatoms. The molecule has 256 valence electrons. The molecule has 3 N–H and O–H groups in total. The maximum atomic E-state index is 13.2. The molecule has 11 nitrogen and oxygen atoms in total. The first-order valence-electron chi connectivity index (χ1n) is 16.0. The lowest BCUT2D eigenvalue weighted by atomic mass is 9.84. The summed E-state index contributed by atoms with van der Waals surface area (Å²) in [6.07, 6.45) is -0.386. The Balaban J connectivity index is 1.21. The predicted molar refractivity (Wildman–Crippen MR) is 185 cm³/mol. The highest BCUT2D eigenvalue weighted by Crippen LogP contribution is 2.48. The number of hydrogen-bond acceptors (Lipinski definition) is 10. The minimum Gasteiger partial charge on any atom is -0.478 e. The van der Waals surface area contributed by atoms with Crippen LogP contribution in [0.2, 0.25) is 0 Å². The first-order chi connectivity index (χ1) is 24.8. The van der Waals surface area contributed by atoms with Gasteiger partial charge in [-0.25, -0.2) is 19.4 Å². The van der Waals surface area contributed by atoms with Gasteiger partial charge in [-0.05, 0) is 59.2 Å². The molecule has 0 spiro atoms. The quantitative estimate of drug-likeness (QED) is 0.0821. The summed E-state index contributed by atoms with van der Waals surface area (Å²) in [5.41, 5.74) is 3.99. The van der Waals surface area contributed by atoms with Crippen LogP contribution in [-0.2, 0) is 20.8 Å². The maximum Gasteiger partial charge on any atom is 0.346 e. The lowest BCUT2D eigenvalue weighted by Crippen LogP contribution is -2.38. The molecule has 1 fully saturated rings. The van der Waals surface area contributed by atoms with E-state index < -0.39 is 42.3 Å². The minimum absolute atomic E-state index is 0.0292. The first-order valence-corrected chi connectivity index (χ1v) is 17.0. The molecule has 51 heavy (non-hydrogen) atoms. The van der Waals surface area contributed by atoms with E-state index in [2.05, 4.69) is 15.0 Å². The second-order valence-corrected chi connectivity index (χ2v) is 12.9. The number of pyridine rings is 1. The van der Waals surface area contributed by atoms with Crippen LogP contribution in [0.5, 0.6) is 0 Å². The number of rotatable bonds is 10. The second-order valence-electron chi connectivity index (χ2n) is 11.9. The van der Waals surface area contributed by atoms with Crippen molar-refractivity contribution in [3.63, 3.8) is 0 Å². The van der Waals surface area contributed by atoms with Gasteiger partial charge in [-0.15, -0.1) is 11.8 Å². The SMILES string of the molecule is O=C(Nc1cccc(C2OC(CSc3ncccc3C(=O)O)C(c3ccccc3)C(c3ccc(CO)cc3)O2)c1)c1ccc2c(c1)C(=O)OC2=O. The second kappa shape index (κ2) is 14.7. The van der Waals surface area contributed by atoms with Gasteiger partial charge in [0.15, 0.2) is 6.29 Å². The van der Waals surface area contributed by atoms with Crippen molar-refractivity contribution in [1.29, 1.82) is 0 Å². The van der Waals surface area contributed by atoms with Gasteiger partial charge in [0.2, 0.25) is 0 Å². The maximum absolute atomic E-state index is 13.2. The van der Waals surface area contributed by atoms with Crippen LogP contribution in [0.25, 0.3) is 0 Å². The van der Waals surface area contributed by atoms with Gasteiger partial charge in [-0.2, -0.15) is 0 Å². The molecule has 4 atom stereocenters. The molecule has 1 amide bonds. The molecule has 1 aromatic heterocycles. The average molecular weight is 703 g/mol. The molecule has 4 aromatic carbocycles. The summed E-state index contributed by atoms with van der Waals surface area (Å²) < 4.78 is 18.1. The summed E-state index contributed by atoms with van der Waals surface area (Å²) in [7, 11) is 0. The van der Waals surface area contributed by atoms with Crippen molar-refractivity contribution in [2.24, 2.45) is 0 Å². The number of benzene rings is 4. The lowest BCUT2D eigenvalue weighted by molar-refractivity contribution is -0.255. The number of amides is 1. The van der Waals surface area contributed by atoms with E-state index in [4.69, 9.17) is 9.47 Å². The number of nitrogens with zero attached hydrogens (tertiary/aromatic N) is 1. The van der Waals surface area contributed by atoms with Crippen molar-refractivity contribution >= 4 is 41.3 Å². The Bertz CT molecular complexity index is 2120. The Hall–Kier alpha value is -5.66. The van der Waals surface area contributed by atoms with E-state index >= 15 is 0 Å². The van der Waals surface area contributed by atoms with Crippen molar-refractivity contribution < 1.29 is 43.6 Å². The molecule has 5 aromatic rings. The molecule has 0 saturated carbocycles. The summed E-state index contributed by atoms with van der Waals surface area (Å²) in [5, 5.41) is 22.7. The molecular formula is C39H30N2O9S. The Kier molecular flexibility index (Phi) is 9.73. The molecule has 0 aliphatic carbocycles. The van der Waals surface area contributed by atoms with E-state index in [0.717, 1.165) is 16.7 Å². The number of aromatic carboxylic acids is 1. The van der Waals surface area contributed by atoms with Gasteiger partial charge in [0, 0.05) is 34.7 Å². The number of ether oxygens (including phenoxy) is 3. The standard InChI is InChI=1S/C39H30N2O9S/c42-20-22-11-13-24(14-12-22)33-32(23-6-2-1-3-7-23)31(21-51-35-29(36(44)45)10-5-17-40-35)48-39(49-33)26-8-4-9-27(18-26)41-34(43)25-15-16-28-30(19-25)38(47)50-37(28)46/h1-19,31-33,39,42H,20-21H2,(H,41,43)(H,44,45). The number of fused-ring (bicyclic) bond motifs is 1. The monoisotopic (exact) mass is 702 g/mol. The predicted octanol–water partition coefficient (Wildman–Crippen LogP) is 6.57. The summed E-state index contributed by atoms with van der Waals surface area (Å²) in [4.78, 5) is 53.5. The third kappa shape index (κ3) is 7.16. The molecule has 2 aliphatic heterocycles. The number of aromatic nitrogens is 1. The number of thioether (sulfide) groups is 1. The van der Waals surface area contributed by atoms with Crippen LogP contribution >= 0.6 is 11.8 Å². The van der Waals surface area contributed by atoms with E-state index in [1.54, 1.807) is 30.5 Å². The first kappa shape index (κ1) is 33.8. The molecule has 7 rings (SSSR count). The Morgan fingerprint density at radius 1 is 0.784 bits per heavy atom. The van der Waals surface area contributed by atoms with Gasteiger partial charge >= 0.3 is 17.9 Å². The molecular weight excluding hydrogens is 673 g/mol. The fraction of sp³-hybridized carbons (Fsp3) is 0.154. The average Bonchev–Trinajstić information content (AvgIpc) is 3.45. The zero-order chi connectivity index (χ0) is 35.5. The summed E-state index contributed by atoms with van der Waals surface area (Å²) >= 11 is 1.28. The number of carboxylic acids is 1. The van der Waals surface area contributed by atoms with Gasteiger partial charge in [0.1, 0.15) is 5.03 Å². The molecule has 4 unspecified atom stereocenters. The zero-order valence-corrected chi connectivity index (χ0v) is 27.6. The number of carboxylic acid groups (broad SMARTS) is 1. The Morgan fingerprint density at radius 3 is 2.31 bits per heavy atom. The fourth-order valence-electron chi connectivity index (χ4n) is 6.17. The number of cyclic esters (lactones) is 2. The number of nitrogens with one attached hydrogen (secondary N) is 1. The number of aliphatic hydroxyl groups excluding tert-OH is 1. The number of aliphatic hydroxyl groups is 1. The Labute approximate surface area is 296 Å². The van der Waals surface area contributed by atoms with Crippen LogP contribution in [-0.4, -0.2) is 50.9 Å². The van der Waals surface area contributed by atoms with Crippen LogP contribution in [0.4, 0.5) is 5.69 Å². The highest BCUT2D eigenvalue weighted by molar-refractivity contribution is 7.99. The van der Waals surface area contributed by atoms with Gasteiger partial charge in [0.05, 0.1) is 35.5 Å². The largest absolute Gasteiger partial charge is 0.478 e. The van der Waals surface area contributed by atoms with Gasteiger partial charge in [-0.3, -0.25) is 4.79 Å². The van der Waals surface area contributed by atoms with Crippen molar-refractivity contribution in [3.05, 3.63) is 160 Å². The van der Waals surface area contributed by atoms with Crippen LogP contribution < -0.4 is 5.32 Å². The molecule has 2 aliphatic rings. The fourth-order valence-corrected chi connectivity index (χ4v) is 7.23. The van der Waals surface area contributed by atoms with Crippen LogP contribution in [0.15, 0.2) is 120 Å². The summed E-state index contributed by atoms with van der Waals surface area (Å²) in [5.74, 6) is -3.13. The van der Waals surface area contributed by atoms with Gasteiger partial charge < -0.3 is 29.7 Å². The third-order valence-corrected chi connectivity index (χ3v) is 9.77. The highest BCUT2D eigenvalue weighted by Gasteiger charge is 2.42. The summed E-state index contributed by atoms with van der Waals surface area (Å²) in [6, 6.07) is 31.6. The van der Waals surface area contributed by atoms with E-state index in [0.29, 0.717) is 22.0 Å². The van der Waals surface area contributed by atoms with Crippen molar-refractivity contribution in [2.75, 3.05) is 11.1 Å². The zero-order valence-electron chi connectivity index (χ0n) is 26.8. The third-order valence-electron chi connectivity index (χ3n) is 8.68. The number of carbonyl (C=O) groups excluding carboxylic acids is 3. The topological polar surface area (TPSA) is 161 Å². The smallest absolute Gasteiger partial charge is 0.346 e. The van der Waals surface area contributed by atoms with Crippen molar-refractivity contribution in [1.82, 2.24) is 4.98 Å². The molecule has 3 heterocycles. The van der Waals surface area contributed by atoms with Crippen LogP contribution in [0, 0.1) is 0 Å². The number of anilines is 1. The van der Waals surface area contributed by atoms with E-state index in [-0.39, 0.29) is 34.8 Å². The highest BCUT2D eigenvalue weighted by atomic mass is 32.2. The van der Waals surface area contributed by atoms with Gasteiger partial charge in [-0.1, -0.05) is 66.7 Å². The minimum atomic E-state index is -1.08. The number of esters is 2. The van der Waals surface area contributed by atoms with E-state index in [1.165, 1.54) is 36.0 Å². The number of carbonyl (C=O) groups is 4. The summed E-state index contributed by atoms with van der Waals surface area (Å²) in [6.45, 7) is -0.110. The van der Waals surface area contributed by atoms with Gasteiger partial charge in [0.25, 0.3) is 5.91 Å². The molecule has 0 radical (unpaired) electrons. The van der Waals surface area contributed by atoms with Crippen LogP contribution in [0.3, 0.4) is 0 Å². The number of hydrogen-bond donors (Lipinski definition) is 3. The molecule has 0 bridgehead atoms. The van der Waals surface area contributed by atoms with Crippen LogP contribution in [0.1, 0.15) is 82.0 Å². The Morgan fingerprint density at radius 2 is 1.55 bits per heavy atom. The lowest BCUT2D eigenvalue weighted by Gasteiger charge is -2.43. The van der Waals surface area contributed by atoms with Crippen molar-refractivity contribution in [3.8, 4) is 0 Å².